The molecule has 0 radical (unpaired) electrons. The molecule has 0 aromatic heterocycles. The molecule has 0 aliphatic carbocycles. The maximum Gasteiger partial charge on any atom is 0.338 e. The number of hydrogen-bond acceptors (Lipinski definition) is 20. The molecule has 0 spiro atoms. The van der Waals surface area contributed by atoms with Gasteiger partial charge >= 0.3 is 23.9 Å². The zero-order valence-corrected chi connectivity index (χ0v) is 60.1. The summed E-state index contributed by atoms with van der Waals surface area (Å²) in [7, 11) is 1.45. The molecule has 3 fully saturated rings. The van der Waals surface area contributed by atoms with Crippen LogP contribution >= 0.6 is 0 Å². The maximum absolute atomic E-state index is 15.2. The first-order valence-electron chi connectivity index (χ1n) is 36.3. The van der Waals surface area contributed by atoms with E-state index in [-0.39, 0.29) is 75.1 Å². The van der Waals surface area contributed by atoms with Crippen LogP contribution in [0.15, 0.2) is 303 Å². The van der Waals surface area contributed by atoms with E-state index < -0.39 is 123 Å². The lowest BCUT2D eigenvalue weighted by atomic mass is 9.94. The SMILES string of the molecule is CO[C@H]1O[C@H](COCc2ccccc2)[C@@H](O[C@H]2O[C@H](COCc3ccccc3)[C@@H](OCc3ccccc3)[C@H](OCc3ccccc3)[C@H]2OCc2ccccc2)[C@H](O[C@@H]2O[C@H](COC(=O)c3ccccc3)[C@@H](OC(=O)c3ccccc3)[C@H](OC(=O)c3ccccc3)[C@H]2OC(=O)c2ccccc2)[C@H]1OCc1ccccc1. The van der Waals surface area contributed by atoms with Gasteiger partial charge in [0.1, 0.15) is 61.5 Å². The minimum absolute atomic E-state index is 0.0273. The summed E-state index contributed by atoms with van der Waals surface area (Å²) < 4.78 is 112. The Morgan fingerprint density at radius 1 is 0.257 bits per heavy atom. The number of hydrogen-bond donors (Lipinski definition) is 0. The molecule has 0 N–H and O–H groups in total. The number of rotatable bonds is 34. The van der Waals surface area contributed by atoms with E-state index in [1.54, 1.807) is 97.1 Å². The van der Waals surface area contributed by atoms with Crippen LogP contribution in [0.25, 0.3) is 0 Å². The van der Waals surface area contributed by atoms with Gasteiger partial charge in [-0.25, -0.2) is 19.2 Å². The van der Waals surface area contributed by atoms with Crippen LogP contribution in [-0.2, 0) is 115 Å². The fourth-order valence-corrected chi connectivity index (χ4v) is 13.1. The molecule has 3 heterocycles. The standard InChI is InChI=1S/C89H86O20/c1-94-87-81(100-57-66-42-22-7-23-43-66)78(109-89-82(107-86(93)70-50-30-11-31-51-70)79(106-85(92)69-48-28-10-29-49-69)75(105-84(91)68-46-26-9-27-47-68)73(104-89)60-101-83(90)67-44-24-8-25-45-67)76(72(102-87)59-96-53-62-34-14-3-15-35-62)108-88-80(99-56-65-40-20-6-21-41-65)77(98-55-64-38-18-5-19-39-64)74(97-54-63-36-16-4-17-37-63)71(103-88)58-95-52-61-32-12-2-13-33-61/h2-51,71-82,87-89H,52-60H2,1H3/t71-,72-,73-,74-,75-,76-,77+,78+,79+,80-,81-,82-,87+,88-,89+/m1/s1. The van der Waals surface area contributed by atoms with E-state index >= 15 is 9.59 Å². The molecule has 20 nitrogen and oxygen atoms in total. The van der Waals surface area contributed by atoms with Crippen molar-refractivity contribution in [3.05, 3.63) is 359 Å². The van der Waals surface area contributed by atoms with E-state index in [9.17, 15) is 9.59 Å². The smallest absolute Gasteiger partial charge is 0.338 e. The Labute approximate surface area is 633 Å². The molecular weight excluding hydrogens is 1390 g/mol. The first-order valence-corrected chi connectivity index (χ1v) is 36.3. The van der Waals surface area contributed by atoms with Crippen LogP contribution in [0.1, 0.15) is 74.8 Å². The van der Waals surface area contributed by atoms with Gasteiger partial charge in [-0.15, -0.1) is 0 Å². The first-order chi connectivity index (χ1) is 53.7. The highest BCUT2D eigenvalue weighted by Crippen LogP contribution is 2.40. The van der Waals surface area contributed by atoms with Crippen LogP contribution in [0, 0.1) is 0 Å². The molecule has 3 aliphatic rings. The highest BCUT2D eigenvalue weighted by Gasteiger charge is 2.59. The number of esters is 4. The lowest BCUT2D eigenvalue weighted by molar-refractivity contribution is -0.394. The van der Waals surface area contributed by atoms with Crippen molar-refractivity contribution in [3.63, 3.8) is 0 Å². The minimum atomic E-state index is -1.93. The minimum Gasteiger partial charge on any atom is -0.459 e. The predicted octanol–water partition coefficient (Wildman–Crippen LogP) is 13.9. The highest BCUT2D eigenvalue weighted by atomic mass is 16.8. The van der Waals surface area contributed by atoms with Gasteiger partial charge in [0.2, 0.25) is 0 Å². The summed E-state index contributed by atoms with van der Waals surface area (Å²) in [5, 5.41) is 0. The van der Waals surface area contributed by atoms with Crippen molar-refractivity contribution in [2.75, 3.05) is 26.9 Å². The number of carbonyl (C=O) groups is 4. The molecule has 13 rings (SSSR count). The number of carbonyl (C=O) groups excluding carboxylic acids is 4. The van der Waals surface area contributed by atoms with Crippen molar-refractivity contribution in [1.29, 1.82) is 0 Å². The number of methoxy groups -OCH3 is 1. The topological polar surface area (TPSA) is 216 Å². The summed E-state index contributed by atoms with van der Waals surface area (Å²) >= 11 is 0. The van der Waals surface area contributed by atoms with Crippen molar-refractivity contribution in [2.45, 2.75) is 132 Å². The van der Waals surface area contributed by atoms with Gasteiger partial charge < -0.3 is 75.8 Å². The monoisotopic (exact) mass is 1470 g/mol. The molecule has 3 aliphatic heterocycles. The van der Waals surface area contributed by atoms with E-state index in [2.05, 4.69) is 0 Å². The van der Waals surface area contributed by atoms with E-state index in [1.165, 1.54) is 31.4 Å². The average Bonchev–Trinajstić information content (AvgIpc) is 0.760. The summed E-state index contributed by atoms with van der Waals surface area (Å²) in [6, 6.07) is 90.4. The van der Waals surface area contributed by atoms with Crippen LogP contribution < -0.4 is 0 Å². The third kappa shape index (κ3) is 21.3. The van der Waals surface area contributed by atoms with Gasteiger partial charge in [0.15, 0.2) is 37.2 Å². The van der Waals surface area contributed by atoms with Crippen LogP contribution in [0.2, 0.25) is 0 Å². The third-order valence-corrected chi connectivity index (χ3v) is 18.7. The Bertz CT molecular complexity index is 4350. The Morgan fingerprint density at radius 3 is 0.917 bits per heavy atom. The Morgan fingerprint density at radius 2 is 0.532 bits per heavy atom. The molecule has 0 bridgehead atoms. The van der Waals surface area contributed by atoms with Crippen LogP contribution in [0.3, 0.4) is 0 Å². The molecule has 109 heavy (non-hydrogen) atoms. The molecule has 10 aromatic carbocycles. The largest absolute Gasteiger partial charge is 0.459 e. The molecule has 20 heteroatoms. The van der Waals surface area contributed by atoms with Gasteiger partial charge in [0.25, 0.3) is 0 Å². The zero-order valence-electron chi connectivity index (χ0n) is 60.1. The Kier molecular flexibility index (Phi) is 27.9. The summed E-state index contributed by atoms with van der Waals surface area (Å²) in [5.41, 5.74) is 5.48. The number of ether oxygens (including phenoxy) is 16. The fourth-order valence-electron chi connectivity index (χ4n) is 13.1. The molecule has 0 unspecified atom stereocenters. The Balaban J connectivity index is 0.975. The summed E-state index contributed by atoms with van der Waals surface area (Å²) in [6.45, 7) is -0.441. The second kappa shape index (κ2) is 39.6. The van der Waals surface area contributed by atoms with E-state index in [1.807, 2.05) is 182 Å². The summed E-state index contributed by atoms with van der Waals surface area (Å²) in [4.78, 5) is 59.3. The molecular formula is C89H86O20. The normalized spacial score (nSPS) is 23.9. The van der Waals surface area contributed by atoms with Crippen LogP contribution in [-0.4, -0.2) is 143 Å². The van der Waals surface area contributed by atoms with Gasteiger partial charge in [-0.2, -0.15) is 0 Å². The lowest BCUT2D eigenvalue weighted by Gasteiger charge is -2.51. The Hall–Kier alpha value is -10.4. The van der Waals surface area contributed by atoms with Gasteiger partial charge in [-0.1, -0.05) is 255 Å². The fraction of sp³-hybridized carbons (Fsp3) is 0.281. The average molecular weight is 1480 g/mol. The van der Waals surface area contributed by atoms with Crippen LogP contribution in [0.5, 0.6) is 0 Å². The highest BCUT2D eigenvalue weighted by molar-refractivity contribution is 5.91. The van der Waals surface area contributed by atoms with E-state index in [0.29, 0.717) is 0 Å². The molecule has 0 saturated carbocycles. The first kappa shape index (κ1) is 76.8. The van der Waals surface area contributed by atoms with E-state index in [4.69, 9.17) is 75.8 Å². The molecule has 0 amide bonds. The summed E-state index contributed by atoms with van der Waals surface area (Å²) in [6.07, 6.45) is -21.4. The van der Waals surface area contributed by atoms with Crippen molar-refractivity contribution in [1.82, 2.24) is 0 Å². The zero-order chi connectivity index (χ0) is 74.8. The molecule has 15 atom stereocenters. The quantitative estimate of drug-likeness (QED) is 0.0271. The second-order valence-corrected chi connectivity index (χ2v) is 26.3. The molecule has 562 valence electrons. The lowest BCUT2D eigenvalue weighted by Crippen LogP contribution is -2.68. The third-order valence-electron chi connectivity index (χ3n) is 18.7. The predicted molar refractivity (Wildman–Crippen MR) is 399 cm³/mol. The van der Waals surface area contributed by atoms with E-state index in [0.717, 1.165) is 33.4 Å². The second-order valence-electron chi connectivity index (χ2n) is 26.3. The summed E-state index contributed by atoms with van der Waals surface area (Å²) in [5.74, 6) is -3.52. The van der Waals surface area contributed by atoms with Gasteiger partial charge in [0, 0.05) is 7.11 Å². The van der Waals surface area contributed by atoms with Crippen LogP contribution in [0.4, 0.5) is 0 Å². The van der Waals surface area contributed by atoms with Gasteiger partial charge in [0.05, 0.1) is 75.1 Å². The molecule has 10 aromatic rings. The number of benzene rings is 10. The van der Waals surface area contributed by atoms with Crippen molar-refractivity contribution in [3.8, 4) is 0 Å². The van der Waals surface area contributed by atoms with Gasteiger partial charge in [-0.05, 0) is 81.9 Å². The van der Waals surface area contributed by atoms with Crippen molar-refractivity contribution in [2.24, 2.45) is 0 Å². The van der Waals surface area contributed by atoms with Crippen molar-refractivity contribution >= 4 is 23.9 Å². The van der Waals surface area contributed by atoms with Crippen molar-refractivity contribution < 1.29 is 95.0 Å². The van der Waals surface area contributed by atoms with Gasteiger partial charge in [-0.3, -0.25) is 0 Å². The maximum atomic E-state index is 15.2. The molecule has 3 saturated heterocycles.